The molecule has 0 bridgehead atoms. The summed E-state index contributed by atoms with van der Waals surface area (Å²) in [4.78, 5) is 16.2. The van der Waals surface area contributed by atoms with E-state index in [0.29, 0.717) is 5.02 Å². The van der Waals surface area contributed by atoms with Crippen LogP contribution in [0.1, 0.15) is 24.7 Å². The number of nitrogens with zero attached hydrogens (tertiary/aromatic N) is 4. The largest absolute Gasteiger partial charge is 0.389 e. The van der Waals surface area contributed by atoms with Crippen molar-refractivity contribution in [3.8, 4) is 0 Å². The summed E-state index contributed by atoms with van der Waals surface area (Å²) < 4.78 is 3.43. The van der Waals surface area contributed by atoms with Gasteiger partial charge in [0.2, 0.25) is 5.91 Å². The maximum Gasteiger partial charge on any atom is 0.242 e. The first-order chi connectivity index (χ1) is 10.5. The minimum atomic E-state index is -0.627. The lowest BCUT2D eigenvalue weighted by molar-refractivity contribution is -0.123. The molecule has 7 nitrogen and oxygen atoms in total. The highest BCUT2D eigenvalue weighted by Crippen LogP contribution is 2.31. The van der Waals surface area contributed by atoms with Crippen LogP contribution in [0.25, 0.3) is 0 Å². The van der Waals surface area contributed by atoms with Gasteiger partial charge in [-0.3, -0.25) is 9.48 Å². The van der Waals surface area contributed by atoms with E-state index in [1.54, 1.807) is 12.4 Å². The summed E-state index contributed by atoms with van der Waals surface area (Å²) in [5, 5.41) is 17.8. The molecule has 0 radical (unpaired) electrons. The van der Waals surface area contributed by atoms with Gasteiger partial charge in [-0.2, -0.15) is 5.10 Å². The maximum absolute atomic E-state index is 12.0. The van der Waals surface area contributed by atoms with E-state index >= 15 is 0 Å². The molecule has 22 heavy (non-hydrogen) atoms. The second-order valence-electron chi connectivity index (χ2n) is 5.55. The van der Waals surface area contributed by atoms with Gasteiger partial charge < -0.3 is 15.0 Å². The molecule has 2 N–H and O–H groups in total. The smallest absolute Gasteiger partial charge is 0.242 e. The number of carbonyl (C=O) groups excluding carboxylic acids is 1. The third-order valence-electron chi connectivity index (χ3n) is 4.05. The Morgan fingerprint density at radius 2 is 2.36 bits per heavy atom. The molecular formula is C14H18ClN5O2. The molecule has 3 rings (SSSR count). The van der Waals surface area contributed by atoms with Crippen LogP contribution in [0, 0.1) is 6.92 Å². The fourth-order valence-corrected chi connectivity index (χ4v) is 3.14. The average molecular weight is 324 g/mol. The SMILES string of the molecule is Cc1nccn1[C@@H]1CC[C@@H](NC(=O)Cn2cc(Cl)cn2)[C@H]1O. The van der Waals surface area contributed by atoms with Crippen LogP contribution in [0.15, 0.2) is 24.8 Å². The molecule has 3 atom stereocenters. The minimum Gasteiger partial charge on any atom is -0.389 e. The number of rotatable bonds is 4. The standard InChI is InChI=1S/C14H18ClN5O2/c1-9-16-4-5-20(9)12-3-2-11(14(12)22)18-13(21)8-19-7-10(15)6-17-19/h4-7,11-12,14,22H,2-3,8H2,1H3,(H,18,21)/t11-,12-,14-/m1/s1. The summed E-state index contributed by atoms with van der Waals surface area (Å²) in [5.74, 6) is 0.675. The van der Waals surface area contributed by atoms with E-state index < -0.39 is 6.10 Å². The molecule has 8 heteroatoms. The van der Waals surface area contributed by atoms with E-state index in [1.807, 2.05) is 17.7 Å². The number of hydrogen-bond donors (Lipinski definition) is 2. The van der Waals surface area contributed by atoms with Gasteiger partial charge in [0.15, 0.2) is 0 Å². The van der Waals surface area contributed by atoms with Crippen molar-refractivity contribution in [1.82, 2.24) is 24.6 Å². The monoisotopic (exact) mass is 323 g/mol. The molecule has 2 aromatic heterocycles. The summed E-state index contributed by atoms with van der Waals surface area (Å²) in [6.07, 6.45) is 7.56. The van der Waals surface area contributed by atoms with Gasteiger partial charge in [0, 0.05) is 18.6 Å². The Labute approximate surface area is 132 Å². The predicted octanol–water partition coefficient (Wildman–Crippen LogP) is 0.922. The number of halogens is 1. The van der Waals surface area contributed by atoms with E-state index in [9.17, 15) is 9.90 Å². The number of aliphatic hydroxyl groups is 1. The molecule has 0 spiro atoms. The predicted molar refractivity (Wildman–Crippen MR) is 80.4 cm³/mol. The molecule has 2 aromatic rings. The van der Waals surface area contributed by atoms with Crippen LogP contribution in [0.3, 0.4) is 0 Å². The Balaban J connectivity index is 1.59. The number of aryl methyl sites for hydroxylation is 1. The van der Waals surface area contributed by atoms with Crippen molar-refractivity contribution in [3.63, 3.8) is 0 Å². The first kappa shape index (κ1) is 15.1. The van der Waals surface area contributed by atoms with Crippen LogP contribution in [-0.2, 0) is 11.3 Å². The molecule has 1 saturated carbocycles. The van der Waals surface area contributed by atoms with E-state index in [1.165, 1.54) is 10.9 Å². The Bertz CT molecular complexity index is 668. The Kier molecular flexibility index (Phi) is 4.17. The number of aromatic nitrogens is 4. The second kappa shape index (κ2) is 6.10. The highest BCUT2D eigenvalue weighted by atomic mass is 35.5. The van der Waals surface area contributed by atoms with Crippen molar-refractivity contribution in [3.05, 3.63) is 35.6 Å². The van der Waals surface area contributed by atoms with Gasteiger partial charge in [-0.15, -0.1) is 0 Å². The van der Waals surface area contributed by atoms with Crippen LogP contribution < -0.4 is 5.32 Å². The first-order valence-electron chi connectivity index (χ1n) is 7.19. The van der Waals surface area contributed by atoms with E-state index in [0.717, 1.165) is 18.7 Å². The fourth-order valence-electron chi connectivity index (χ4n) is 2.98. The molecule has 0 aliphatic heterocycles. The molecule has 2 heterocycles. The van der Waals surface area contributed by atoms with Crippen molar-refractivity contribution in [1.29, 1.82) is 0 Å². The Morgan fingerprint density at radius 3 is 3.00 bits per heavy atom. The molecular weight excluding hydrogens is 306 g/mol. The molecule has 1 amide bonds. The third-order valence-corrected chi connectivity index (χ3v) is 4.25. The second-order valence-corrected chi connectivity index (χ2v) is 5.98. The quantitative estimate of drug-likeness (QED) is 0.876. The molecule has 1 fully saturated rings. The minimum absolute atomic E-state index is 0.0491. The zero-order valence-corrected chi connectivity index (χ0v) is 12.9. The normalized spacial score (nSPS) is 24.6. The lowest BCUT2D eigenvalue weighted by Crippen LogP contribution is -2.43. The number of imidazole rings is 1. The van der Waals surface area contributed by atoms with E-state index in [2.05, 4.69) is 15.4 Å². The number of amides is 1. The Morgan fingerprint density at radius 1 is 1.55 bits per heavy atom. The van der Waals surface area contributed by atoms with Gasteiger partial charge >= 0.3 is 0 Å². The van der Waals surface area contributed by atoms with Crippen molar-refractivity contribution in [2.45, 2.75) is 44.5 Å². The maximum atomic E-state index is 12.0. The summed E-state index contributed by atoms with van der Waals surface area (Å²) in [6.45, 7) is 1.99. The lowest BCUT2D eigenvalue weighted by atomic mass is 10.1. The molecule has 1 aliphatic carbocycles. The van der Waals surface area contributed by atoms with Crippen LogP contribution >= 0.6 is 11.6 Å². The van der Waals surface area contributed by atoms with Gasteiger partial charge in [-0.05, 0) is 19.8 Å². The zero-order chi connectivity index (χ0) is 15.7. The zero-order valence-electron chi connectivity index (χ0n) is 12.2. The van der Waals surface area contributed by atoms with Crippen LogP contribution in [-0.4, -0.2) is 42.5 Å². The summed E-state index contributed by atoms with van der Waals surface area (Å²) in [5.41, 5.74) is 0. The number of nitrogens with one attached hydrogen (secondary N) is 1. The molecule has 118 valence electrons. The average Bonchev–Trinajstić information content (AvgIpc) is 3.14. The highest BCUT2D eigenvalue weighted by molar-refractivity contribution is 6.30. The summed E-state index contributed by atoms with van der Waals surface area (Å²) in [6, 6.07) is -0.308. The first-order valence-corrected chi connectivity index (χ1v) is 7.57. The van der Waals surface area contributed by atoms with Crippen molar-refractivity contribution in [2.75, 3.05) is 0 Å². The van der Waals surface area contributed by atoms with E-state index in [-0.39, 0.29) is 24.5 Å². The van der Waals surface area contributed by atoms with Crippen LogP contribution in [0.2, 0.25) is 5.02 Å². The number of carbonyl (C=O) groups is 1. The van der Waals surface area contributed by atoms with Gasteiger partial charge in [0.1, 0.15) is 12.4 Å². The van der Waals surface area contributed by atoms with Crippen LogP contribution in [0.5, 0.6) is 0 Å². The van der Waals surface area contributed by atoms with Gasteiger partial charge in [0.05, 0.1) is 29.4 Å². The van der Waals surface area contributed by atoms with E-state index in [4.69, 9.17) is 11.6 Å². The number of hydrogen-bond acceptors (Lipinski definition) is 4. The van der Waals surface area contributed by atoms with Crippen LogP contribution in [0.4, 0.5) is 0 Å². The summed E-state index contributed by atoms with van der Waals surface area (Å²) in [7, 11) is 0. The molecule has 0 unspecified atom stereocenters. The van der Waals surface area contributed by atoms with Gasteiger partial charge in [0.25, 0.3) is 0 Å². The van der Waals surface area contributed by atoms with Crippen molar-refractivity contribution < 1.29 is 9.90 Å². The van der Waals surface area contributed by atoms with Gasteiger partial charge in [-0.1, -0.05) is 11.6 Å². The molecule has 0 saturated heterocycles. The van der Waals surface area contributed by atoms with Gasteiger partial charge in [-0.25, -0.2) is 4.98 Å². The topological polar surface area (TPSA) is 85.0 Å². The summed E-state index contributed by atoms with van der Waals surface area (Å²) >= 11 is 5.76. The molecule has 1 aliphatic rings. The van der Waals surface area contributed by atoms with Crippen molar-refractivity contribution in [2.24, 2.45) is 0 Å². The third kappa shape index (κ3) is 3.00. The lowest BCUT2D eigenvalue weighted by Gasteiger charge is -2.22. The highest BCUT2D eigenvalue weighted by Gasteiger charge is 2.37. The number of aliphatic hydroxyl groups excluding tert-OH is 1. The fraction of sp³-hybridized carbons (Fsp3) is 0.500. The van der Waals surface area contributed by atoms with Crippen molar-refractivity contribution >= 4 is 17.5 Å². The Hall–Kier alpha value is -1.86. The molecule has 0 aromatic carbocycles.